The first-order valence-corrected chi connectivity index (χ1v) is 10.2. The summed E-state index contributed by atoms with van der Waals surface area (Å²) in [5.41, 5.74) is 0.452. The highest BCUT2D eigenvalue weighted by molar-refractivity contribution is 7.89. The third-order valence-electron chi connectivity index (χ3n) is 4.48. The van der Waals surface area contributed by atoms with E-state index in [-0.39, 0.29) is 42.7 Å². The molecule has 7 nitrogen and oxygen atoms in total. The van der Waals surface area contributed by atoms with Crippen LogP contribution in [0.2, 0.25) is 0 Å². The monoisotopic (exact) mass is 403 g/mol. The highest BCUT2D eigenvalue weighted by Crippen LogP contribution is 2.26. The molecule has 1 fully saturated rings. The first-order valence-electron chi connectivity index (χ1n) is 8.77. The number of aromatic nitrogens is 2. The van der Waals surface area contributed by atoms with Gasteiger partial charge in [-0.05, 0) is 23.8 Å². The van der Waals surface area contributed by atoms with Crippen molar-refractivity contribution in [1.29, 1.82) is 0 Å². The van der Waals surface area contributed by atoms with Crippen molar-refractivity contribution in [3.63, 3.8) is 0 Å². The summed E-state index contributed by atoms with van der Waals surface area (Å²) in [7, 11) is -3.64. The molecule has 0 amide bonds. The average Bonchev–Trinajstić information content (AvgIpc) is 3.19. The first kappa shape index (κ1) is 18.7. The number of morpholine rings is 1. The van der Waals surface area contributed by atoms with E-state index in [0.29, 0.717) is 11.4 Å². The lowest BCUT2D eigenvalue weighted by molar-refractivity contribution is -0.0199. The van der Waals surface area contributed by atoms with Crippen LogP contribution < -0.4 is 0 Å². The second-order valence-electron chi connectivity index (χ2n) is 6.35. The molecule has 1 aliphatic heterocycles. The molecule has 2 aromatic carbocycles. The Labute approximate surface area is 161 Å². The summed E-state index contributed by atoms with van der Waals surface area (Å²) < 4.78 is 51.6. The molecule has 1 saturated heterocycles. The Morgan fingerprint density at radius 1 is 1.11 bits per heavy atom. The van der Waals surface area contributed by atoms with Gasteiger partial charge in [0.1, 0.15) is 5.82 Å². The number of nitrogens with zero attached hydrogens (tertiary/aromatic N) is 3. The van der Waals surface area contributed by atoms with Crippen molar-refractivity contribution in [2.24, 2.45) is 0 Å². The van der Waals surface area contributed by atoms with E-state index in [1.807, 2.05) is 0 Å². The maximum atomic E-state index is 13.8. The minimum absolute atomic E-state index is 0.0680. The molecule has 3 aromatic rings. The van der Waals surface area contributed by atoms with Crippen LogP contribution in [0, 0.1) is 5.82 Å². The van der Waals surface area contributed by atoms with Gasteiger partial charge in [0, 0.05) is 19.5 Å². The molecular weight excluding hydrogens is 385 g/mol. The van der Waals surface area contributed by atoms with Crippen LogP contribution in [-0.2, 0) is 21.2 Å². The fraction of sp³-hybridized carbons (Fsp3) is 0.263. The Balaban J connectivity index is 1.50. The first-order chi connectivity index (χ1) is 13.5. The number of ether oxygens (including phenoxy) is 1. The number of hydrogen-bond donors (Lipinski definition) is 0. The summed E-state index contributed by atoms with van der Waals surface area (Å²) >= 11 is 0. The van der Waals surface area contributed by atoms with Crippen molar-refractivity contribution in [2.75, 3.05) is 19.7 Å². The van der Waals surface area contributed by atoms with Crippen molar-refractivity contribution >= 4 is 10.0 Å². The Bertz CT molecular complexity index is 1060. The van der Waals surface area contributed by atoms with E-state index in [1.54, 1.807) is 48.5 Å². The third-order valence-corrected chi connectivity index (χ3v) is 6.36. The topological polar surface area (TPSA) is 85.5 Å². The van der Waals surface area contributed by atoms with Crippen LogP contribution in [0.4, 0.5) is 4.39 Å². The van der Waals surface area contributed by atoms with Crippen LogP contribution in [0.5, 0.6) is 0 Å². The van der Waals surface area contributed by atoms with Gasteiger partial charge in [0.2, 0.25) is 10.0 Å². The van der Waals surface area contributed by atoms with Crippen LogP contribution in [0.1, 0.15) is 23.4 Å². The van der Waals surface area contributed by atoms with Gasteiger partial charge in [-0.2, -0.15) is 9.29 Å². The lowest BCUT2D eigenvalue weighted by Gasteiger charge is -2.30. The van der Waals surface area contributed by atoms with Gasteiger partial charge >= 0.3 is 0 Å². The number of rotatable bonds is 5. The van der Waals surface area contributed by atoms with Crippen molar-refractivity contribution in [3.8, 4) is 0 Å². The molecular formula is C19H18FN3O4S. The summed E-state index contributed by atoms with van der Waals surface area (Å²) in [4.78, 5) is 4.49. The highest BCUT2D eigenvalue weighted by Gasteiger charge is 2.34. The van der Waals surface area contributed by atoms with E-state index < -0.39 is 16.1 Å². The highest BCUT2D eigenvalue weighted by atomic mass is 32.2. The molecule has 1 aliphatic rings. The smallest absolute Gasteiger partial charge is 0.257 e. The molecule has 0 N–H and O–H groups in total. The Morgan fingerprint density at radius 2 is 1.86 bits per heavy atom. The van der Waals surface area contributed by atoms with E-state index in [4.69, 9.17) is 9.26 Å². The second kappa shape index (κ2) is 7.78. The Kier molecular flexibility index (Phi) is 5.21. The van der Waals surface area contributed by atoms with Gasteiger partial charge in [-0.15, -0.1) is 0 Å². The maximum absolute atomic E-state index is 13.8. The van der Waals surface area contributed by atoms with Crippen LogP contribution in [0.25, 0.3) is 0 Å². The van der Waals surface area contributed by atoms with Crippen molar-refractivity contribution < 1.29 is 22.1 Å². The number of sulfonamides is 1. The lowest BCUT2D eigenvalue weighted by Crippen LogP contribution is -2.42. The van der Waals surface area contributed by atoms with E-state index in [9.17, 15) is 12.8 Å². The standard InChI is InChI=1S/C19H18FN3O4S/c20-16-9-5-4-6-14(16)12-18-21-19(27-22-18)17-13-23(10-11-26-17)28(24,25)15-7-2-1-3-8-15/h1-9,17H,10-13H2/t17-/m1/s1. The van der Waals surface area contributed by atoms with Crippen LogP contribution in [0.15, 0.2) is 64.0 Å². The van der Waals surface area contributed by atoms with Gasteiger partial charge in [0.25, 0.3) is 5.89 Å². The zero-order valence-corrected chi connectivity index (χ0v) is 15.7. The maximum Gasteiger partial charge on any atom is 0.257 e. The molecule has 0 saturated carbocycles. The minimum Gasteiger partial charge on any atom is -0.366 e. The van der Waals surface area contributed by atoms with Gasteiger partial charge in [-0.1, -0.05) is 41.6 Å². The molecule has 0 bridgehead atoms. The third kappa shape index (κ3) is 3.82. The summed E-state index contributed by atoms with van der Waals surface area (Å²) in [6.07, 6.45) is -0.497. The number of halogens is 1. The lowest BCUT2D eigenvalue weighted by atomic mass is 10.1. The molecule has 146 valence electrons. The molecule has 9 heteroatoms. The zero-order valence-electron chi connectivity index (χ0n) is 14.9. The quantitative estimate of drug-likeness (QED) is 0.651. The molecule has 0 spiro atoms. The molecule has 4 rings (SSSR count). The average molecular weight is 403 g/mol. The number of hydrogen-bond acceptors (Lipinski definition) is 6. The Morgan fingerprint density at radius 3 is 2.64 bits per heavy atom. The fourth-order valence-corrected chi connectivity index (χ4v) is 4.46. The van der Waals surface area contributed by atoms with E-state index >= 15 is 0 Å². The van der Waals surface area contributed by atoms with Crippen molar-refractivity contribution in [1.82, 2.24) is 14.4 Å². The minimum atomic E-state index is -3.64. The van der Waals surface area contributed by atoms with Gasteiger partial charge in [0.05, 0.1) is 11.5 Å². The summed E-state index contributed by atoms with van der Waals surface area (Å²) in [5.74, 6) is 0.147. The Hall–Kier alpha value is -2.62. The summed E-state index contributed by atoms with van der Waals surface area (Å²) in [6, 6.07) is 14.6. The number of benzene rings is 2. The van der Waals surface area contributed by atoms with Gasteiger partial charge in [-0.25, -0.2) is 12.8 Å². The second-order valence-corrected chi connectivity index (χ2v) is 8.29. The molecule has 28 heavy (non-hydrogen) atoms. The van der Waals surface area contributed by atoms with Crippen LogP contribution >= 0.6 is 0 Å². The van der Waals surface area contributed by atoms with E-state index in [2.05, 4.69) is 10.1 Å². The predicted molar refractivity (Wildman–Crippen MR) is 97.4 cm³/mol. The molecule has 1 aromatic heterocycles. The van der Waals surface area contributed by atoms with Crippen molar-refractivity contribution in [2.45, 2.75) is 17.4 Å². The van der Waals surface area contributed by atoms with Gasteiger partial charge < -0.3 is 9.26 Å². The fourth-order valence-electron chi connectivity index (χ4n) is 3.02. The largest absolute Gasteiger partial charge is 0.366 e. The van der Waals surface area contributed by atoms with Crippen LogP contribution in [-0.4, -0.2) is 42.6 Å². The van der Waals surface area contributed by atoms with E-state index in [1.165, 1.54) is 10.4 Å². The SMILES string of the molecule is O=S(=O)(c1ccccc1)N1CCO[C@@H](c2nc(Cc3ccccc3F)no2)C1. The molecule has 2 heterocycles. The molecule has 0 unspecified atom stereocenters. The summed E-state index contributed by atoms with van der Waals surface area (Å²) in [5, 5.41) is 3.87. The van der Waals surface area contributed by atoms with E-state index in [0.717, 1.165) is 0 Å². The summed E-state index contributed by atoms with van der Waals surface area (Å²) in [6.45, 7) is 0.518. The molecule has 0 radical (unpaired) electrons. The molecule has 1 atom stereocenters. The molecule has 0 aliphatic carbocycles. The zero-order chi connectivity index (χ0) is 19.6. The predicted octanol–water partition coefficient (Wildman–Crippen LogP) is 2.56. The van der Waals surface area contributed by atoms with Gasteiger partial charge in [-0.3, -0.25) is 0 Å². The van der Waals surface area contributed by atoms with Crippen molar-refractivity contribution in [3.05, 3.63) is 77.7 Å². The van der Waals surface area contributed by atoms with Gasteiger partial charge in [0.15, 0.2) is 11.9 Å². The normalized spacial score (nSPS) is 18.2. The van der Waals surface area contributed by atoms with Crippen LogP contribution in [0.3, 0.4) is 0 Å².